The number of pyridine rings is 1. The summed E-state index contributed by atoms with van der Waals surface area (Å²) in [6.45, 7) is 1.47. The SMILES string of the molecule is O=c1cccc2n1C[C@@H]1C[C@@H]2CN(S(=O)(=O)c2ccc(CCCl)cc2)C1. The third-order valence-corrected chi connectivity index (χ3v) is 7.43. The lowest BCUT2D eigenvalue weighted by Gasteiger charge is -2.42. The second kappa shape index (κ2) is 6.83. The first-order chi connectivity index (χ1) is 12.5. The topological polar surface area (TPSA) is 59.4 Å². The molecule has 2 atom stereocenters. The van der Waals surface area contributed by atoms with Crippen LogP contribution in [0.4, 0.5) is 0 Å². The molecular weight excluding hydrogens is 372 g/mol. The lowest BCUT2D eigenvalue weighted by atomic mass is 9.84. The number of alkyl halides is 1. The normalized spacial score (nSPS) is 22.8. The van der Waals surface area contributed by atoms with Gasteiger partial charge in [0, 0.05) is 43.2 Å². The molecule has 3 heterocycles. The molecule has 1 aromatic carbocycles. The van der Waals surface area contributed by atoms with Crippen molar-refractivity contribution >= 4 is 21.6 Å². The van der Waals surface area contributed by atoms with Gasteiger partial charge >= 0.3 is 0 Å². The number of rotatable bonds is 4. The van der Waals surface area contributed by atoms with Crippen LogP contribution in [0.3, 0.4) is 0 Å². The van der Waals surface area contributed by atoms with Crippen molar-refractivity contribution in [1.29, 1.82) is 0 Å². The van der Waals surface area contributed by atoms with E-state index < -0.39 is 10.0 Å². The summed E-state index contributed by atoms with van der Waals surface area (Å²) in [5.41, 5.74) is 1.98. The highest BCUT2D eigenvalue weighted by atomic mass is 35.5. The Morgan fingerprint density at radius 3 is 2.54 bits per heavy atom. The number of benzene rings is 1. The van der Waals surface area contributed by atoms with Gasteiger partial charge in [-0.2, -0.15) is 4.31 Å². The number of hydrogen-bond donors (Lipinski definition) is 0. The second-order valence-electron chi connectivity index (χ2n) is 7.10. The summed E-state index contributed by atoms with van der Waals surface area (Å²) in [4.78, 5) is 12.4. The van der Waals surface area contributed by atoms with Crippen molar-refractivity contribution in [3.05, 3.63) is 64.1 Å². The van der Waals surface area contributed by atoms with Gasteiger partial charge in [-0.25, -0.2) is 8.42 Å². The van der Waals surface area contributed by atoms with Gasteiger partial charge in [-0.3, -0.25) is 4.79 Å². The van der Waals surface area contributed by atoms with Gasteiger partial charge < -0.3 is 4.57 Å². The smallest absolute Gasteiger partial charge is 0.250 e. The first-order valence-corrected chi connectivity index (χ1v) is 10.8. The lowest BCUT2D eigenvalue weighted by molar-refractivity contribution is 0.186. The minimum Gasteiger partial charge on any atom is -0.312 e. The Hall–Kier alpha value is -1.63. The Balaban J connectivity index is 1.62. The molecule has 0 unspecified atom stereocenters. The Bertz CT molecular complexity index is 969. The van der Waals surface area contributed by atoms with Gasteiger partial charge in [0.1, 0.15) is 0 Å². The molecule has 7 heteroatoms. The average molecular weight is 393 g/mol. The van der Waals surface area contributed by atoms with Gasteiger partial charge in [0.2, 0.25) is 10.0 Å². The Kier molecular flexibility index (Phi) is 4.67. The molecular formula is C19H21ClN2O3S. The molecule has 2 aromatic rings. The molecule has 4 rings (SSSR count). The van der Waals surface area contributed by atoms with E-state index in [4.69, 9.17) is 11.6 Å². The molecule has 0 saturated carbocycles. The van der Waals surface area contributed by atoms with Crippen LogP contribution in [0.15, 0.2) is 52.2 Å². The molecule has 0 aliphatic carbocycles. The van der Waals surface area contributed by atoms with E-state index in [1.165, 1.54) is 0 Å². The maximum absolute atomic E-state index is 13.1. The fourth-order valence-electron chi connectivity index (χ4n) is 4.14. The quantitative estimate of drug-likeness (QED) is 0.751. The van der Waals surface area contributed by atoms with Crippen molar-refractivity contribution in [3.8, 4) is 0 Å². The van der Waals surface area contributed by atoms with Gasteiger partial charge in [0.25, 0.3) is 5.56 Å². The maximum Gasteiger partial charge on any atom is 0.250 e. The van der Waals surface area contributed by atoms with E-state index in [0.29, 0.717) is 30.4 Å². The zero-order chi connectivity index (χ0) is 18.3. The lowest BCUT2D eigenvalue weighted by Crippen LogP contribution is -2.48. The Labute approximate surface area is 158 Å². The minimum atomic E-state index is -3.54. The summed E-state index contributed by atoms with van der Waals surface area (Å²) in [5.74, 6) is 0.758. The van der Waals surface area contributed by atoms with Crippen LogP contribution in [0.5, 0.6) is 0 Å². The monoisotopic (exact) mass is 392 g/mol. The predicted octanol–water partition coefficient (Wildman–Crippen LogP) is 2.44. The Morgan fingerprint density at radius 1 is 1.04 bits per heavy atom. The van der Waals surface area contributed by atoms with Crippen molar-refractivity contribution in [3.63, 3.8) is 0 Å². The van der Waals surface area contributed by atoms with Crippen molar-refractivity contribution in [2.24, 2.45) is 5.92 Å². The van der Waals surface area contributed by atoms with Crippen LogP contribution >= 0.6 is 11.6 Å². The zero-order valence-electron chi connectivity index (χ0n) is 14.3. The van der Waals surface area contributed by atoms with E-state index in [2.05, 4.69) is 0 Å². The van der Waals surface area contributed by atoms with E-state index in [1.807, 2.05) is 22.8 Å². The predicted molar refractivity (Wildman–Crippen MR) is 101 cm³/mol. The van der Waals surface area contributed by atoms with Crippen LogP contribution in [-0.4, -0.2) is 36.3 Å². The summed E-state index contributed by atoms with van der Waals surface area (Å²) < 4.78 is 29.6. The standard InChI is InChI=1S/C19H21ClN2O3S/c20-9-8-14-4-6-17(7-5-14)26(24,25)21-11-15-10-16(13-21)18-2-1-3-19(23)22(18)12-15/h1-7,15-16H,8-13H2/t15-,16-/m1/s1. The summed E-state index contributed by atoms with van der Waals surface area (Å²) in [6, 6.07) is 12.3. The fourth-order valence-corrected chi connectivity index (χ4v) is 5.91. The third-order valence-electron chi connectivity index (χ3n) is 5.39. The largest absolute Gasteiger partial charge is 0.312 e. The third kappa shape index (κ3) is 3.10. The van der Waals surface area contributed by atoms with E-state index >= 15 is 0 Å². The van der Waals surface area contributed by atoms with Crippen molar-refractivity contribution in [2.75, 3.05) is 19.0 Å². The van der Waals surface area contributed by atoms with E-state index in [0.717, 1.165) is 24.1 Å². The van der Waals surface area contributed by atoms with Gasteiger partial charge in [0.05, 0.1) is 4.90 Å². The molecule has 1 aromatic heterocycles. The van der Waals surface area contributed by atoms with Gasteiger partial charge in [-0.15, -0.1) is 11.6 Å². The Morgan fingerprint density at radius 2 is 1.81 bits per heavy atom. The van der Waals surface area contributed by atoms with Gasteiger partial charge in [0.15, 0.2) is 0 Å². The van der Waals surface area contributed by atoms with Gasteiger partial charge in [-0.1, -0.05) is 18.2 Å². The molecule has 0 amide bonds. The molecule has 26 heavy (non-hydrogen) atoms. The highest BCUT2D eigenvalue weighted by Gasteiger charge is 2.39. The van der Waals surface area contributed by atoms with Crippen LogP contribution in [-0.2, 0) is 23.0 Å². The molecule has 0 radical (unpaired) electrons. The number of nitrogens with zero attached hydrogens (tertiary/aromatic N) is 2. The zero-order valence-corrected chi connectivity index (χ0v) is 15.9. The first-order valence-electron chi connectivity index (χ1n) is 8.84. The van der Waals surface area contributed by atoms with Crippen LogP contribution in [0.1, 0.15) is 23.6 Å². The van der Waals surface area contributed by atoms with Crippen LogP contribution in [0.2, 0.25) is 0 Å². The highest BCUT2D eigenvalue weighted by molar-refractivity contribution is 7.89. The first kappa shape index (κ1) is 17.8. The van der Waals surface area contributed by atoms with Crippen molar-refractivity contribution in [1.82, 2.24) is 8.87 Å². The number of piperidine rings is 1. The molecule has 2 bridgehead atoms. The number of halogens is 1. The molecule has 2 aliphatic rings. The summed E-state index contributed by atoms with van der Waals surface area (Å²) in [5, 5.41) is 0. The van der Waals surface area contributed by atoms with Crippen LogP contribution in [0, 0.1) is 5.92 Å². The number of sulfonamides is 1. The van der Waals surface area contributed by atoms with E-state index in [9.17, 15) is 13.2 Å². The molecule has 1 saturated heterocycles. The highest BCUT2D eigenvalue weighted by Crippen LogP contribution is 2.37. The summed E-state index contributed by atoms with van der Waals surface area (Å²) in [6.07, 6.45) is 1.66. The number of fused-ring (bicyclic) bond motifs is 4. The fraction of sp³-hybridized carbons (Fsp3) is 0.421. The number of aromatic nitrogens is 1. The van der Waals surface area contributed by atoms with Crippen LogP contribution < -0.4 is 5.56 Å². The molecule has 0 spiro atoms. The maximum atomic E-state index is 13.1. The molecule has 5 nitrogen and oxygen atoms in total. The van der Waals surface area contributed by atoms with Crippen molar-refractivity contribution < 1.29 is 8.42 Å². The average Bonchev–Trinajstić information content (AvgIpc) is 2.63. The van der Waals surface area contributed by atoms with Crippen LogP contribution in [0.25, 0.3) is 0 Å². The van der Waals surface area contributed by atoms with E-state index in [1.54, 1.807) is 28.6 Å². The molecule has 138 valence electrons. The second-order valence-corrected chi connectivity index (χ2v) is 9.42. The molecule has 2 aliphatic heterocycles. The number of aryl methyl sites for hydroxylation is 1. The molecule has 1 fully saturated rings. The number of hydrogen-bond acceptors (Lipinski definition) is 3. The summed E-state index contributed by atoms with van der Waals surface area (Å²) >= 11 is 5.74. The molecule has 0 N–H and O–H groups in total. The minimum absolute atomic E-state index is 0.00314. The summed E-state index contributed by atoms with van der Waals surface area (Å²) in [7, 11) is -3.54. The van der Waals surface area contributed by atoms with E-state index in [-0.39, 0.29) is 17.4 Å². The van der Waals surface area contributed by atoms with Crippen molar-refractivity contribution in [2.45, 2.75) is 30.2 Å². The van der Waals surface area contributed by atoms with Gasteiger partial charge in [-0.05, 0) is 42.5 Å².